The Kier molecular flexibility index (Phi) is 6.54. The average molecular weight is 425 g/mol. The molecule has 0 aliphatic carbocycles. The lowest BCUT2D eigenvalue weighted by Gasteiger charge is -2.22. The van der Waals surface area contributed by atoms with E-state index >= 15 is 0 Å². The van der Waals surface area contributed by atoms with Crippen LogP contribution in [-0.4, -0.2) is 35.1 Å². The molecule has 3 aromatic rings. The van der Waals surface area contributed by atoms with Crippen LogP contribution in [0.15, 0.2) is 42.6 Å². The SMILES string of the molecule is CCCC(=O)N[C@H](c1ccc(OC)c(OC)c1)c1cc([N+](=O)[O-])c2cccnc2c1O. The van der Waals surface area contributed by atoms with E-state index in [0.29, 0.717) is 23.5 Å². The number of carbonyl (C=O) groups is 1. The van der Waals surface area contributed by atoms with Crippen molar-refractivity contribution in [3.05, 3.63) is 63.8 Å². The Hall–Kier alpha value is -3.88. The van der Waals surface area contributed by atoms with Crippen LogP contribution in [0.1, 0.15) is 36.9 Å². The first-order valence-electron chi connectivity index (χ1n) is 9.67. The van der Waals surface area contributed by atoms with Crippen LogP contribution in [0, 0.1) is 10.1 Å². The molecule has 0 aliphatic heterocycles. The van der Waals surface area contributed by atoms with Gasteiger partial charge in [0, 0.05) is 24.2 Å². The number of nitro benzene ring substituents is 1. The fourth-order valence-electron chi connectivity index (χ4n) is 3.44. The number of aromatic nitrogens is 1. The second-order valence-electron chi connectivity index (χ2n) is 6.86. The van der Waals surface area contributed by atoms with Crippen molar-refractivity contribution in [1.29, 1.82) is 0 Å². The smallest absolute Gasteiger partial charge is 0.279 e. The van der Waals surface area contributed by atoms with Gasteiger partial charge in [0.2, 0.25) is 5.91 Å². The number of ether oxygens (including phenoxy) is 2. The number of carbonyl (C=O) groups excluding carboxylic acids is 1. The Balaban J connectivity index is 2.25. The second-order valence-corrected chi connectivity index (χ2v) is 6.86. The van der Waals surface area contributed by atoms with E-state index in [1.807, 2.05) is 6.92 Å². The second kappa shape index (κ2) is 9.29. The Morgan fingerprint density at radius 2 is 1.97 bits per heavy atom. The first-order valence-corrected chi connectivity index (χ1v) is 9.67. The first kappa shape index (κ1) is 21.8. The molecule has 2 aromatic carbocycles. The van der Waals surface area contributed by atoms with Gasteiger partial charge in [0.05, 0.1) is 30.6 Å². The third-order valence-electron chi connectivity index (χ3n) is 4.90. The molecule has 0 radical (unpaired) electrons. The summed E-state index contributed by atoms with van der Waals surface area (Å²) in [5.41, 5.74) is 0.588. The van der Waals surface area contributed by atoms with E-state index in [1.165, 1.54) is 32.5 Å². The van der Waals surface area contributed by atoms with Gasteiger partial charge in [-0.3, -0.25) is 19.9 Å². The molecule has 0 saturated carbocycles. The monoisotopic (exact) mass is 425 g/mol. The highest BCUT2D eigenvalue weighted by Gasteiger charge is 2.27. The van der Waals surface area contributed by atoms with Gasteiger partial charge < -0.3 is 19.9 Å². The van der Waals surface area contributed by atoms with Crippen LogP contribution >= 0.6 is 0 Å². The van der Waals surface area contributed by atoms with Crippen molar-refractivity contribution in [1.82, 2.24) is 10.3 Å². The number of nitro groups is 1. The van der Waals surface area contributed by atoms with Crippen LogP contribution in [-0.2, 0) is 4.79 Å². The molecule has 9 nitrogen and oxygen atoms in total. The van der Waals surface area contributed by atoms with Crippen molar-refractivity contribution < 1.29 is 24.3 Å². The van der Waals surface area contributed by atoms with Gasteiger partial charge in [0.25, 0.3) is 5.69 Å². The molecule has 162 valence electrons. The fourth-order valence-corrected chi connectivity index (χ4v) is 3.44. The highest BCUT2D eigenvalue weighted by Crippen LogP contribution is 2.41. The number of aromatic hydroxyl groups is 1. The summed E-state index contributed by atoms with van der Waals surface area (Å²) in [5.74, 6) is 0.408. The summed E-state index contributed by atoms with van der Waals surface area (Å²) in [6.45, 7) is 1.87. The molecule has 0 aliphatic rings. The predicted molar refractivity (Wildman–Crippen MR) is 115 cm³/mol. The van der Waals surface area contributed by atoms with Crippen molar-refractivity contribution >= 4 is 22.5 Å². The molecule has 9 heteroatoms. The Labute approximate surface area is 178 Å². The number of pyridine rings is 1. The molecular formula is C22H23N3O6. The van der Waals surface area contributed by atoms with Gasteiger partial charge in [0.15, 0.2) is 11.5 Å². The number of hydrogen-bond donors (Lipinski definition) is 2. The van der Waals surface area contributed by atoms with Crippen LogP contribution in [0.4, 0.5) is 5.69 Å². The van der Waals surface area contributed by atoms with Gasteiger partial charge in [-0.15, -0.1) is 0 Å². The minimum atomic E-state index is -0.871. The lowest BCUT2D eigenvalue weighted by atomic mass is 9.94. The van der Waals surface area contributed by atoms with E-state index < -0.39 is 11.0 Å². The van der Waals surface area contributed by atoms with Crippen LogP contribution in [0.25, 0.3) is 10.9 Å². The number of nitrogens with one attached hydrogen (secondary N) is 1. The summed E-state index contributed by atoms with van der Waals surface area (Å²) < 4.78 is 10.6. The molecule has 1 amide bonds. The number of amides is 1. The molecule has 0 unspecified atom stereocenters. The summed E-state index contributed by atoms with van der Waals surface area (Å²) >= 11 is 0. The largest absolute Gasteiger partial charge is 0.505 e. The lowest BCUT2D eigenvalue weighted by molar-refractivity contribution is -0.383. The topological polar surface area (TPSA) is 124 Å². The molecule has 0 fully saturated rings. The van der Waals surface area contributed by atoms with E-state index in [9.17, 15) is 20.0 Å². The maximum Gasteiger partial charge on any atom is 0.279 e. The van der Waals surface area contributed by atoms with E-state index in [4.69, 9.17) is 9.47 Å². The highest BCUT2D eigenvalue weighted by molar-refractivity contribution is 5.94. The van der Waals surface area contributed by atoms with E-state index in [1.54, 1.807) is 24.3 Å². The van der Waals surface area contributed by atoms with Gasteiger partial charge >= 0.3 is 0 Å². The maximum atomic E-state index is 12.5. The zero-order valence-corrected chi connectivity index (χ0v) is 17.4. The molecule has 1 heterocycles. The van der Waals surface area contributed by atoms with Crippen LogP contribution < -0.4 is 14.8 Å². The highest BCUT2D eigenvalue weighted by atomic mass is 16.6. The standard InChI is InChI=1S/C22H23N3O6/c1-4-6-19(26)24-20(13-8-9-17(30-2)18(11-13)31-3)15-12-16(25(28)29)14-7-5-10-23-21(14)22(15)27/h5,7-12,20,27H,4,6H2,1-3H3,(H,24,26)/t20-/m1/s1. The zero-order valence-electron chi connectivity index (χ0n) is 17.4. The molecule has 0 spiro atoms. The average Bonchev–Trinajstić information content (AvgIpc) is 2.77. The predicted octanol–water partition coefficient (Wildman–Crippen LogP) is 3.87. The number of nitrogens with zero attached hydrogens (tertiary/aromatic N) is 2. The summed E-state index contributed by atoms with van der Waals surface area (Å²) in [4.78, 5) is 27.8. The zero-order chi connectivity index (χ0) is 22.5. The molecule has 0 saturated heterocycles. The summed E-state index contributed by atoms with van der Waals surface area (Å²) in [6, 6.07) is 8.50. The van der Waals surface area contributed by atoms with Crippen molar-refractivity contribution in [2.75, 3.05) is 14.2 Å². The van der Waals surface area contributed by atoms with Crippen LogP contribution in [0.5, 0.6) is 17.2 Å². The summed E-state index contributed by atoms with van der Waals surface area (Å²) in [5, 5.41) is 25.8. The number of hydrogen-bond acceptors (Lipinski definition) is 7. The third-order valence-corrected chi connectivity index (χ3v) is 4.90. The van der Waals surface area contributed by atoms with Gasteiger partial charge in [-0.05, 0) is 36.2 Å². The minimum Gasteiger partial charge on any atom is -0.505 e. The number of fused-ring (bicyclic) bond motifs is 1. The molecule has 0 bridgehead atoms. The number of rotatable bonds is 8. The van der Waals surface area contributed by atoms with E-state index in [2.05, 4.69) is 10.3 Å². The van der Waals surface area contributed by atoms with Gasteiger partial charge in [-0.2, -0.15) is 0 Å². The van der Waals surface area contributed by atoms with Gasteiger partial charge in [-0.25, -0.2) is 0 Å². The summed E-state index contributed by atoms with van der Waals surface area (Å²) in [6.07, 6.45) is 2.32. The van der Waals surface area contributed by atoms with Crippen molar-refractivity contribution in [3.8, 4) is 17.2 Å². The van der Waals surface area contributed by atoms with Gasteiger partial charge in [-0.1, -0.05) is 13.0 Å². The fraction of sp³-hybridized carbons (Fsp3) is 0.273. The first-order chi connectivity index (χ1) is 14.9. The normalized spacial score (nSPS) is 11.7. The Morgan fingerprint density at radius 1 is 1.23 bits per heavy atom. The Bertz CT molecular complexity index is 1130. The molecule has 1 atom stereocenters. The van der Waals surface area contributed by atoms with Crippen molar-refractivity contribution in [2.24, 2.45) is 0 Å². The number of phenols is 1. The molecule has 1 aromatic heterocycles. The number of methoxy groups -OCH3 is 2. The van der Waals surface area contributed by atoms with E-state index in [-0.39, 0.29) is 40.2 Å². The Morgan fingerprint density at radius 3 is 2.61 bits per heavy atom. The third kappa shape index (κ3) is 4.35. The molecule has 2 N–H and O–H groups in total. The summed E-state index contributed by atoms with van der Waals surface area (Å²) in [7, 11) is 2.98. The van der Waals surface area contributed by atoms with Crippen LogP contribution in [0.2, 0.25) is 0 Å². The molecule has 3 rings (SSSR count). The maximum absolute atomic E-state index is 12.5. The number of non-ortho nitro benzene ring substituents is 1. The number of benzene rings is 2. The number of phenolic OH excluding ortho intramolecular Hbond substituents is 1. The lowest BCUT2D eigenvalue weighted by Crippen LogP contribution is -2.29. The van der Waals surface area contributed by atoms with Crippen LogP contribution in [0.3, 0.4) is 0 Å². The van der Waals surface area contributed by atoms with E-state index in [0.717, 1.165) is 0 Å². The quantitative estimate of drug-likeness (QED) is 0.415. The molecule has 31 heavy (non-hydrogen) atoms. The minimum absolute atomic E-state index is 0.0851. The molecular weight excluding hydrogens is 402 g/mol. The van der Waals surface area contributed by atoms with Gasteiger partial charge in [0.1, 0.15) is 11.3 Å². The van der Waals surface area contributed by atoms with Crippen molar-refractivity contribution in [2.45, 2.75) is 25.8 Å². The van der Waals surface area contributed by atoms with Crippen molar-refractivity contribution in [3.63, 3.8) is 0 Å².